The number of methoxy groups -OCH3 is 1. The van der Waals surface area contributed by atoms with Gasteiger partial charge in [0.15, 0.2) is 0 Å². The first kappa shape index (κ1) is 22.3. The summed E-state index contributed by atoms with van der Waals surface area (Å²) in [7, 11) is 1.34. The molecule has 0 spiro atoms. The van der Waals surface area contributed by atoms with Gasteiger partial charge in [0.1, 0.15) is 12.3 Å². The first-order valence-corrected chi connectivity index (χ1v) is 10.0. The Bertz CT molecular complexity index is 1170. The molecule has 0 fully saturated rings. The van der Waals surface area contributed by atoms with Crippen LogP contribution in [-0.2, 0) is 33.8 Å². The lowest BCUT2D eigenvalue weighted by atomic mass is 9.97. The number of H-pyrrole nitrogens is 1. The number of nitrogens with one attached hydrogen (secondary N) is 1. The lowest BCUT2D eigenvalue weighted by Gasteiger charge is -2.16. The Morgan fingerprint density at radius 3 is 2.45 bits per heavy atom. The van der Waals surface area contributed by atoms with E-state index in [1.165, 1.54) is 13.4 Å². The molecule has 1 N–H and O–H groups in total. The molecule has 0 aliphatic rings. The zero-order valence-electron chi connectivity index (χ0n) is 18.4. The predicted octanol–water partition coefficient (Wildman–Crippen LogP) is 3.15. The van der Waals surface area contributed by atoms with Gasteiger partial charge in [-0.05, 0) is 51.8 Å². The second-order valence-corrected chi connectivity index (χ2v) is 8.46. The molecule has 164 valence electrons. The third-order valence-electron chi connectivity index (χ3n) is 5.07. The number of aromatic amines is 1. The summed E-state index contributed by atoms with van der Waals surface area (Å²) in [5, 5.41) is 0.433. The number of hydrogen-bond donors (Lipinski definition) is 1. The maximum Gasteiger partial charge on any atom is 0.337 e. The Balaban J connectivity index is 1.81. The van der Waals surface area contributed by atoms with Crippen molar-refractivity contribution in [3.8, 4) is 0 Å². The van der Waals surface area contributed by atoms with Crippen molar-refractivity contribution in [1.29, 1.82) is 0 Å². The van der Waals surface area contributed by atoms with Crippen molar-refractivity contribution < 1.29 is 19.1 Å². The van der Waals surface area contributed by atoms with Gasteiger partial charge in [-0.2, -0.15) is 0 Å². The summed E-state index contributed by atoms with van der Waals surface area (Å²) in [6.45, 7) is 7.61. The molecule has 31 heavy (non-hydrogen) atoms. The summed E-state index contributed by atoms with van der Waals surface area (Å²) in [6.07, 6.45) is 2.10. The number of ether oxygens (including phenoxy) is 2. The number of aromatic nitrogens is 3. The molecular formula is C23H27N3O5. The molecule has 0 saturated carbocycles. The van der Waals surface area contributed by atoms with Crippen molar-refractivity contribution in [3.63, 3.8) is 0 Å². The van der Waals surface area contributed by atoms with E-state index in [4.69, 9.17) is 9.47 Å². The van der Waals surface area contributed by atoms with Gasteiger partial charge in [0, 0.05) is 17.8 Å². The van der Waals surface area contributed by atoms with Crippen LogP contribution in [0, 0.1) is 12.3 Å². The SMILES string of the molecule is COC(=O)c1ccc(CCn2cnc3[nH]c(C)c(COC(=O)C(C)(C)C)c3c2=O)cc1. The molecule has 0 aliphatic heterocycles. The first-order valence-electron chi connectivity index (χ1n) is 10.0. The highest BCUT2D eigenvalue weighted by Gasteiger charge is 2.24. The van der Waals surface area contributed by atoms with Crippen LogP contribution in [0.5, 0.6) is 0 Å². The number of esters is 2. The molecule has 0 radical (unpaired) electrons. The number of nitrogens with zero attached hydrogens (tertiary/aromatic N) is 2. The molecule has 2 heterocycles. The average molecular weight is 425 g/mol. The van der Waals surface area contributed by atoms with Crippen LogP contribution in [0.3, 0.4) is 0 Å². The van der Waals surface area contributed by atoms with E-state index in [0.29, 0.717) is 35.1 Å². The number of carbonyl (C=O) groups is 2. The molecule has 3 aromatic rings. The highest BCUT2D eigenvalue weighted by molar-refractivity contribution is 5.89. The normalized spacial score (nSPS) is 11.5. The van der Waals surface area contributed by atoms with Crippen LogP contribution in [0.15, 0.2) is 35.4 Å². The number of benzene rings is 1. The van der Waals surface area contributed by atoms with Gasteiger partial charge in [0.2, 0.25) is 0 Å². The van der Waals surface area contributed by atoms with Gasteiger partial charge in [0.25, 0.3) is 5.56 Å². The van der Waals surface area contributed by atoms with Crippen molar-refractivity contribution in [2.75, 3.05) is 7.11 Å². The third-order valence-corrected chi connectivity index (χ3v) is 5.07. The number of fused-ring (bicyclic) bond motifs is 1. The molecule has 0 atom stereocenters. The summed E-state index contributed by atoms with van der Waals surface area (Å²) in [5.74, 6) is -0.721. The van der Waals surface area contributed by atoms with Gasteiger partial charge >= 0.3 is 11.9 Å². The summed E-state index contributed by atoms with van der Waals surface area (Å²) >= 11 is 0. The molecule has 8 nitrogen and oxygen atoms in total. The first-order chi connectivity index (χ1) is 14.6. The summed E-state index contributed by atoms with van der Waals surface area (Å²) in [4.78, 5) is 44.3. The fraction of sp³-hybridized carbons (Fsp3) is 0.391. The monoisotopic (exact) mass is 425 g/mol. The fourth-order valence-electron chi connectivity index (χ4n) is 3.17. The number of rotatable bonds is 6. The molecule has 0 amide bonds. The van der Waals surface area contributed by atoms with Crippen molar-refractivity contribution in [2.24, 2.45) is 5.41 Å². The maximum absolute atomic E-state index is 13.1. The van der Waals surface area contributed by atoms with E-state index in [1.807, 2.05) is 19.1 Å². The minimum absolute atomic E-state index is 0.0118. The van der Waals surface area contributed by atoms with E-state index in [9.17, 15) is 14.4 Å². The molecule has 1 aromatic carbocycles. The standard InChI is InChI=1S/C23H27N3O5/c1-14-17(12-31-22(29)23(2,3)4)18-19(25-14)24-13-26(20(18)27)11-10-15-6-8-16(9-7-15)21(28)30-5/h6-9,13,25H,10-12H2,1-5H3. The van der Waals surface area contributed by atoms with E-state index in [1.54, 1.807) is 37.5 Å². The maximum atomic E-state index is 13.1. The molecule has 2 aromatic heterocycles. The third kappa shape index (κ3) is 4.84. The zero-order valence-corrected chi connectivity index (χ0v) is 18.4. The van der Waals surface area contributed by atoms with Gasteiger partial charge in [-0.1, -0.05) is 12.1 Å². The molecule has 3 rings (SSSR count). The van der Waals surface area contributed by atoms with E-state index >= 15 is 0 Å². The minimum atomic E-state index is -0.623. The van der Waals surface area contributed by atoms with E-state index in [-0.39, 0.29) is 24.1 Å². The van der Waals surface area contributed by atoms with Crippen LogP contribution < -0.4 is 5.56 Å². The Labute approximate surface area is 180 Å². The van der Waals surface area contributed by atoms with Crippen LogP contribution in [-0.4, -0.2) is 33.6 Å². The lowest BCUT2D eigenvalue weighted by Crippen LogP contribution is -2.24. The van der Waals surface area contributed by atoms with Gasteiger partial charge in [-0.3, -0.25) is 14.2 Å². The van der Waals surface area contributed by atoms with Gasteiger partial charge in [-0.25, -0.2) is 9.78 Å². The highest BCUT2D eigenvalue weighted by atomic mass is 16.5. The Hall–Kier alpha value is -3.42. The van der Waals surface area contributed by atoms with Crippen LogP contribution in [0.2, 0.25) is 0 Å². The summed E-state index contributed by atoms with van der Waals surface area (Å²) < 4.78 is 11.7. The Kier molecular flexibility index (Phi) is 6.29. The van der Waals surface area contributed by atoms with Gasteiger partial charge in [-0.15, -0.1) is 0 Å². The second kappa shape index (κ2) is 8.75. The van der Waals surface area contributed by atoms with Gasteiger partial charge in [0.05, 0.1) is 29.8 Å². The number of aryl methyl sites for hydroxylation is 3. The van der Waals surface area contributed by atoms with Crippen LogP contribution >= 0.6 is 0 Å². The lowest BCUT2D eigenvalue weighted by molar-refractivity contribution is -0.154. The fourth-order valence-corrected chi connectivity index (χ4v) is 3.17. The quantitative estimate of drug-likeness (QED) is 0.609. The van der Waals surface area contributed by atoms with Crippen molar-refractivity contribution in [2.45, 2.75) is 47.3 Å². The van der Waals surface area contributed by atoms with E-state index < -0.39 is 5.41 Å². The summed E-state index contributed by atoms with van der Waals surface area (Å²) in [5.41, 5.74) is 2.50. The Morgan fingerprint density at radius 1 is 1.16 bits per heavy atom. The minimum Gasteiger partial charge on any atom is -0.465 e. The second-order valence-electron chi connectivity index (χ2n) is 8.46. The predicted molar refractivity (Wildman–Crippen MR) is 116 cm³/mol. The number of hydrogen-bond acceptors (Lipinski definition) is 6. The zero-order chi connectivity index (χ0) is 22.8. The van der Waals surface area contributed by atoms with E-state index in [0.717, 1.165) is 11.3 Å². The molecule has 0 aliphatic carbocycles. The number of carbonyl (C=O) groups excluding carboxylic acids is 2. The smallest absolute Gasteiger partial charge is 0.337 e. The van der Waals surface area contributed by atoms with Crippen LogP contribution in [0.1, 0.15) is 48.0 Å². The van der Waals surface area contributed by atoms with Crippen molar-refractivity contribution >= 4 is 23.0 Å². The largest absolute Gasteiger partial charge is 0.465 e. The van der Waals surface area contributed by atoms with E-state index in [2.05, 4.69) is 9.97 Å². The molecule has 0 bridgehead atoms. The molecule has 0 saturated heterocycles. The molecule has 0 unspecified atom stereocenters. The van der Waals surface area contributed by atoms with Crippen LogP contribution in [0.25, 0.3) is 11.0 Å². The van der Waals surface area contributed by atoms with Gasteiger partial charge < -0.3 is 14.5 Å². The van der Waals surface area contributed by atoms with Crippen molar-refractivity contribution in [3.05, 3.63) is 63.3 Å². The topological polar surface area (TPSA) is 103 Å². The average Bonchev–Trinajstić information content (AvgIpc) is 3.06. The highest BCUT2D eigenvalue weighted by Crippen LogP contribution is 2.21. The summed E-state index contributed by atoms with van der Waals surface area (Å²) in [6, 6.07) is 7.06. The Morgan fingerprint density at radius 2 is 1.84 bits per heavy atom. The van der Waals surface area contributed by atoms with Crippen LogP contribution in [0.4, 0.5) is 0 Å². The van der Waals surface area contributed by atoms with Crippen molar-refractivity contribution in [1.82, 2.24) is 14.5 Å². The molecular weight excluding hydrogens is 398 g/mol. The molecule has 8 heteroatoms.